The molecular formula is C14H21NO4S. The van der Waals surface area contributed by atoms with Gasteiger partial charge in [0.05, 0.1) is 6.61 Å². The first-order valence-corrected chi connectivity index (χ1v) is 8.52. The fraction of sp³-hybridized carbons (Fsp3) is 0.500. The van der Waals surface area contributed by atoms with Crippen LogP contribution in [-0.2, 0) is 14.6 Å². The van der Waals surface area contributed by atoms with Gasteiger partial charge in [-0.3, -0.25) is 4.79 Å². The third kappa shape index (κ3) is 5.21. The standard InChI is InChI=1S/C14H21NO4S/c1-4-5-9-19-13-8-6-7-12(10-13)15-14(16)11(2)20(3,17)18/h6-8,10-11H,4-5,9H2,1-3H3,(H,15,16). The third-order valence-corrected chi connectivity index (χ3v) is 4.38. The molecule has 0 radical (unpaired) electrons. The Morgan fingerprint density at radius 1 is 1.40 bits per heavy atom. The van der Waals surface area contributed by atoms with Crippen LogP contribution in [0.5, 0.6) is 5.75 Å². The molecule has 1 aromatic carbocycles. The Hall–Kier alpha value is -1.56. The highest BCUT2D eigenvalue weighted by atomic mass is 32.2. The zero-order valence-electron chi connectivity index (χ0n) is 12.0. The molecule has 0 aromatic heterocycles. The second-order valence-corrected chi connectivity index (χ2v) is 7.06. The average Bonchev–Trinajstić information content (AvgIpc) is 2.37. The SMILES string of the molecule is CCCCOc1cccc(NC(=O)C(C)S(C)(=O)=O)c1. The number of anilines is 1. The number of hydrogen-bond acceptors (Lipinski definition) is 4. The first kappa shape index (κ1) is 16.5. The average molecular weight is 299 g/mol. The Balaban J connectivity index is 2.68. The quantitative estimate of drug-likeness (QED) is 0.784. The zero-order chi connectivity index (χ0) is 15.2. The smallest absolute Gasteiger partial charge is 0.242 e. The molecule has 20 heavy (non-hydrogen) atoms. The second kappa shape index (κ2) is 7.28. The van der Waals surface area contributed by atoms with Crippen LogP contribution in [0, 0.1) is 0 Å². The predicted octanol–water partition coefficient (Wildman–Crippen LogP) is 2.24. The van der Waals surface area contributed by atoms with E-state index in [1.807, 2.05) is 0 Å². The number of sulfone groups is 1. The Bertz CT molecular complexity index is 554. The molecular weight excluding hydrogens is 278 g/mol. The second-order valence-electron chi connectivity index (χ2n) is 4.69. The van der Waals surface area contributed by atoms with Crippen LogP contribution in [-0.4, -0.2) is 32.4 Å². The van der Waals surface area contributed by atoms with Crippen LogP contribution in [0.3, 0.4) is 0 Å². The monoisotopic (exact) mass is 299 g/mol. The zero-order valence-corrected chi connectivity index (χ0v) is 12.9. The third-order valence-electron chi connectivity index (χ3n) is 2.88. The molecule has 1 unspecified atom stereocenters. The lowest BCUT2D eigenvalue weighted by Gasteiger charge is -2.12. The molecule has 5 nitrogen and oxygen atoms in total. The van der Waals surface area contributed by atoms with Crippen molar-refractivity contribution >= 4 is 21.4 Å². The van der Waals surface area contributed by atoms with E-state index in [1.165, 1.54) is 6.92 Å². The summed E-state index contributed by atoms with van der Waals surface area (Å²) in [5.74, 6) is 0.112. The van der Waals surface area contributed by atoms with Gasteiger partial charge >= 0.3 is 0 Å². The Labute approximate surface area is 120 Å². The van der Waals surface area contributed by atoms with Gasteiger partial charge in [0.25, 0.3) is 0 Å². The van der Waals surface area contributed by atoms with Crippen LogP contribution < -0.4 is 10.1 Å². The molecule has 1 N–H and O–H groups in total. The molecule has 0 saturated heterocycles. The van der Waals surface area contributed by atoms with Gasteiger partial charge in [-0.2, -0.15) is 0 Å². The topological polar surface area (TPSA) is 72.5 Å². The maximum Gasteiger partial charge on any atom is 0.242 e. The molecule has 0 heterocycles. The summed E-state index contributed by atoms with van der Waals surface area (Å²) in [5, 5.41) is 1.50. The lowest BCUT2D eigenvalue weighted by Crippen LogP contribution is -2.31. The van der Waals surface area contributed by atoms with Gasteiger partial charge in [0, 0.05) is 18.0 Å². The molecule has 0 spiro atoms. The van der Waals surface area contributed by atoms with Crippen LogP contribution in [0.2, 0.25) is 0 Å². The largest absolute Gasteiger partial charge is 0.494 e. The van der Waals surface area contributed by atoms with Crippen molar-refractivity contribution in [3.05, 3.63) is 24.3 Å². The number of amides is 1. The maximum atomic E-state index is 11.8. The van der Waals surface area contributed by atoms with E-state index in [4.69, 9.17) is 4.74 Å². The minimum absolute atomic E-state index is 0.527. The number of benzene rings is 1. The van der Waals surface area contributed by atoms with Gasteiger partial charge in [-0.15, -0.1) is 0 Å². The summed E-state index contributed by atoms with van der Waals surface area (Å²) in [6.07, 6.45) is 3.05. The normalized spacial score (nSPS) is 12.8. The predicted molar refractivity (Wildman–Crippen MR) is 79.8 cm³/mol. The lowest BCUT2D eigenvalue weighted by atomic mass is 10.3. The fourth-order valence-electron chi connectivity index (χ4n) is 1.44. The van der Waals surface area contributed by atoms with E-state index in [1.54, 1.807) is 24.3 Å². The molecule has 0 aliphatic heterocycles. The minimum atomic E-state index is -3.39. The summed E-state index contributed by atoms with van der Waals surface area (Å²) >= 11 is 0. The molecule has 1 aromatic rings. The Kier molecular flexibility index (Phi) is 6.01. The minimum Gasteiger partial charge on any atom is -0.494 e. The van der Waals surface area contributed by atoms with Crippen molar-refractivity contribution < 1.29 is 17.9 Å². The molecule has 6 heteroatoms. The van der Waals surface area contributed by atoms with Gasteiger partial charge in [0.1, 0.15) is 11.0 Å². The van der Waals surface area contributed by atoms with Crippen LogP contribution >= 0.6 is 0 Å². The van der Waals surface area contributed by atoms with E-state index in [-0.39, 0.29) is 0 Å². The summed E-state index contributed by atoms with van der Waals surface area (Å²) in [7, 11) is -3.39. The summed E-state index contributed by atoms with van der Waals surface area (Å²) in [4.78, 5) is 11.8. The lowest BCUT2D eigenvalue weighted by molar-refractivity contribution is -0.115. The number of rotatable bonds is 7. The van der Waals surface area contributed by atoms with Gasteiger partial charge in [0.15, 0.2) is 9.84 Å². The van der Waals surface area contributed by atoms with Gasteiger partial charge in [-0.1, -0.05) is 19.4 Å². The number of carbonyl (C=O) groups excluding carboxylic acids is 1. The van der Waals surface area contributed by atoms with E-state index >= 15 is 0 Å². The van der Waals surface area contributed by atoms with Crippen LogP contribution in [0.1, 0.15) is 26.7 Å². The fourth-order valence-corrected chi connectivity index (χ4v) is 1.88. The maximum absolute atomic E-state index is 11.8. The molecule has 0 saturated carbocycles. The molecule has 112 valence electrons. The van der Waals surface area contributed by atoms with Gasteiger partial charge in [0.2, 0.25) is 5.91 Å². The summed E-state index contributed by atoms with van der Waals surface area (Å²) < 4.78 is 28.2. The van der Waals surface area contributed by atoms with E-state index < -0.39 is 21.0 Å². The Morgan fingerprint density at radius 3 is 2.70 bits per heavy atom. The number of unbranched alkanes of at least 4 members (excludes halogenated alkanes) is 1. The van der Waals surface area contributed by atoms with Crippen molar-refractivity contribution in [1.29, 1.82) is 0 Å². The molecule has 0 aliphatic rings. The Morgan fingerprint density at radius 2 is 2.10 bits per heavy atom. The van der Waals surface area contributed by atoms with Crippen LogP contribution in [0.4, 0.5) is 5.69 Å². The number of ether oxygens (including phenoxy) is 1. The van der Waals surface area contributed by atoms with E-state index in [2.05, 4.69) is 12.2 Å². The van der Waals surface area contributed by atoms with Gasteiger partial charge in [-0.05, 0) is 25.5 Å². The molecule has 0 bridgehead atoms. The highest BCUT2D eigenvalue weighted by Gasteiger charge is 2.23. The van der Waals surface area contributed by atoms with E-state index in [0.717, 1.165) is 19.1 Å². The van der Waals surface area contributed by atoms with Crippen molar-refractivity contribution in [3.63, 3.8) is 0 Å². The number of nitrogens with one attached hydrogen (secondary N) is 1. The molecule has 0 aliphatic carbocycles. The highest BCUT2D eigenvalue weighted by Crippen LogP contribution is 2.18. The van der Waals surface area contributed by atoms with Crippen LogP contribution in [0.25, 0.3) is 0 Å². The van der Waals surface area contributed by atoms with Crippen molar-refractivity contribution in [2.75, 3.05) is 18.2 Å². The molecule has 1 atom stereocenters. The van der Waals surface area contributed by atoms with Crippen molar-refractivity contribution in [3.8, 4) is 5.75 Å². The molecule has 1 amide bonds. The van der Waals surface area contributed by atoms with Crippen molar-refractivity contribution in [2.24, 2.45) is 0 Å². The summed E-state index contributed by atoms with van der Waals surface area (Å²) in [6, 6.07) is 6.93. The van der Waals surface area contributed by atoms with E-state index in [9.17, 15) is 13.2 Å². The van der Waals surface area contributed by atoms with E-state index in [0.29, 0.717) is 18.0 Å². The van der Waals surface area contributed by atoms with Crippen molar-refractivity contribution in [2.45, 2.75) is 31.9 Å². The molecule has 1 rings (SSSR count). The first-order valence-electron chi connectivity index (χ1n) is 6.57. The summed E-state index contributed by atoms with van der Waals surface area (Å²) in [5.41, 5.74) is 0.527. The number of carbonyl (C=O) groups is 1. The highest BCUT2D eigenvalue weighted by molar-refractivity contribution is 7.92. The number of hydrogen-bond donors (Lipinski definition) is 1. The first-order chi connectivity index (χ1) is 9.34. The molecule has 0 fully saturated rings. The van der Waals surface area contributed by atoms with Gasteiger partial charge < -0.3 is 10.1 Å². The van der Waals surface area contributed by atoms with Crippen LogP contribution in [0.15, 0.2) is 24.3 Å². The summed E-state index contributed by atoms with van der Waals surface area (Å²) in [6.45, 7) is 4.06. The van der Waals surface area contributed by atoms with Gasteiger partial charge in [-0.25, -0.2) is 8.42 Å². The van der Waals surface area contributed by atoms with Crippen molar-refractivity contribution in [1.82, 2.24) is 0 Å².